The van der Waals surface area contributed by atoms with Crippen molar-refractivity contribution in [2.75, 3.05) is 62.3 Å². The van der Waals surface area contributed by atoms with Crippen molar-refractivity contribution in [2.45, 2.75) is 12.8 Å². The van der Waals surface area contributed by atoms with Crippen LogP contribution in [0.25, 0.3) is 0 Å². The molecule has 11 heteroatoms. The Kier molecular flexibility index (Phi) is 6.81. The number of rotatable bonds is 7. The largest absolute Gasteiger partial charge is 0.479 e. The molecule has 2 N–H and O–H groups in total. The summed E-state index contributed by atoms with van der Waals surface area (Å²) >= 11 is 6.38. The third-order valence-electron chi connectivity index (χ3n) is 6.55. The monoisotopic (exact) mass is 528 g/mol. The molecule has 2 aliphatic rings. The number of hydrogen-bond donors (Lipinski definition) is 2. The van der Waals surface area contributed by atoms with E-state index in [1.54, 1.807) is 20.4 Å². The molecule has 5 rings (SSSR count). The summed E-state index contributed by atoms with van der Waals surface area (Å²) in [7, 11) is -0.920. The van der Waals surface area contributed by atoms with Crippen LogP contribution in [-0.2, 0) is 9.30 Å². The van der Waals surface area contributed by atoms with Gasteiger partial charge in [-0.2, -0.15) is 9.97 Å². The normalized spacial score (nSPS) is 16.9. The van der Waals surface area contributed by atoms with Gasteiger partial charge in [0.1, 0.15) is 23.7 Å². The predicted molar refractivity (Wildman–Crippen MR) is 145 cm³/mol. The van der Waals surface area contributed by atoms with Crippen LogP contribution in [0.1, 0.15) is 12.8 Å². The number of halogens is 1. The first-order chi connectivity index (χ1) is 17.3. The van der Waals surface area contributed by atoms with Crippen molar-refractivity contribution in [2.24, 2.45) is 5.41 Å². The fourth-order valence-corrected chi connectivity index (χ4v) is 6.05. The average molecular weight is 529 g/mol. The lowest BCUT2D eigenvalue weighted by Gasteiger charge is -2.52. The molecule has 0 unspecified atom stereocenters. The zero-order valence-electron chi connectivity index (χ0n) is 20.6. The quantitative estimate of drug-likeness (QED) is 0.415. The minimum atomic E-state index is -2.51. The highest BCUT2D eigenvalue weighted by Gasteiger charge is 2.44. The molecule has 3 aromatic rings. The Hall–Kier alpha value is -2.87. The smallest absolute Gasteiger partial charge is 0.239 e. The van der Waals surface area contributed by atoms with E-state index in [9.17, 15) is 4.57 Å². The SMILES string of the molecule is COc1nc(N2CC3(CCCOC3)C2)ccc1Nc1ncc(Cl)c(Nc2ccccc2P(C)(C)=O)n1. The zero-order valence-corrected chi connectivity index (χ0v) is 22.3. The second-order valence-corrected chi connectivity index (χ2v) is 13.3. The Morgan fingerprint density at radius 3 is 2.64 bits per heavy atom. The van der Waals surface area contributed by atoms with Gasteiger partial charge in [-0.25, -0.2) is 4.98 Å². The lowest BCUT2D eigenvalue weighted by molar-refractivity contribution is -0.0237. The molecule has 190 valence electrons. The van der Waals surface area contributed by atoms with Crippen molar-refractivity contribution in [1.29, 1.82) is 0 Å². The van der Waals surface area contributed by atoms with Crippen molar-refractivity contribution < 1.29 is 14.0 Å². The number of para-hydroxylation sites is 1. The number of nitrogens with zero attached hydrogens (tertiary/aromatic N) is 4. The fourth-order valence-electron chi connectivity index (χ4n) is 4.75. The molecule has 0 aliphatic carbocycles. The molecule has 0 radical (unpaired) electrons. The summed E-state index contributed by atoms with van der Waals surface area (Å²) in [5.41, 5.74) is 1.58. The molecular weight excluding hydrogens is 499 g/mol. The van der Waals surface area contributed by atoms with Gasteiger partial charge in [-0.05, 0) is 50.4 Å². The summed E-state index contributed by atoms with van der Waals surface area (Å²) in [5, 5.41) is 7.46. The minimum absolute atomic E-state index is 0.256. The highest BCUT2D eigenvalue weighted by Crippen LogP contribution is 2.41. The van der Waals surface area contributed by atoms with E-state index in [4.69, 9.17) is 26.1 Å². The van der Waals surface area contributed by atoms with Crippen molar-refractivity contribution in [1.82, 2.24) is 15.0 Å². The zero-order chi connectivity index (χ0) is 25.3. The Morgan fingerprint density at radius 1 is 1.11 bits per heavy atom. The summed E-state index contributed by atoms with van der Waals surface area (Å²) in [6.07, 6.45) is 3.83. The van der Waals surface area contributed by atoms with E-state index < -0.39 is 7.14 Å². The van der Waals surface area contributed by atoms with Crippen LogP contribution in [0.15, 0.2) is 42.6 Å². The van der Waals surface area contributed by atoms with Crippen LogP contribution in [0.4, 0.5) is 29.0 Å². The van der Waals surface area contributed by atoms with Crippen molar-refractivity contribution in [3.63, 3.8) is 0 Å². The van der Waals surface area contributed by atoms with Gasteiger partial charge in [-0.1, -0.05) is 23.7 Å². The third kappa shape index (κ3) is 5.14. The molecule has 2 aliphatic heterocycles. The second-order valence-electron chi connectivity index (χ2n) is 9.75. The van der Waals surface area contributed by atoms with E-state index in [1.807, 2.05) is 36.4 Å². The number of aromatic nitrogens is 3. The Balaban J connectivity index is 1.33. The fraction of sp³-hybridized carbons (Fsp3) is 0.400. The molecule has 4 heterocycles. The van der Waals surface area contributed by atoms with E-state index in [0.717, 1.165) is 43.8 Å². The van der Waals surface area contributed by atoms with Gasteiger partial charge >= 0.3 is 0 Å². The molecule has 0 amide bonds. The average Bonchev–Trinajstić information content (AvgIpc) is 2.85. The molecule has 9 nitrogen and oxygen atoms in total. The van der Waals surface area contributed by atoms with Crippen LogP contribution >= 0.6 is 18.7 Å². The van der Waals surface area contributed by atoms with E-state index in [2.05, 4.69) is 25.5 Å². The van der Waals surface area contributed by atoms with Crippen LogP contribution in [0, 0.1) is 5.41 Å². The third-order valence-corrected chi connectivity index (χ3v) is 8.37. The van der Waals surface area contributed by atoms with Crippen LogP contribution in [0.5, 0.6) is 5.88 Å². The number of nitrogens with one attached hydrogen (secondary N) is 2. The standard InChI is InChI=1S/C25H30ClN6O3P/c1-34-23-19(9-10-21(30-23)32-14-25(15-32)11-6-12-35-16-25)29-24-27-13-17(26)22(31-24)28-18-7-4-5-8-20(18)36(2,3)33/h4-5,7-10,13H,6,11-12,14-16H2,1-3H3,(H2,27,28,29,31). The Labute approximate surface area is 216 Å². The molecule has 0 bridgehead atoms. The first kappa shape index (κ1) is 24.8. The minimum Gasteiger partial charge on any atom is -0.479 e. The maximum absolute atomic E-state index is 12.7. The van der Waals surface area contributed by atoms with Gasteiger partial charge < -0.3 is 29.6 Å². The first-order valence-corrected chi connectivity index (χ1v) is 14.8. The lowest BCUT2D eigenvalue weighted by atomic mass is 9.75. The molecule has 1 aromatic carbocycles. The van der Waals surface area contributed by atoms with E-state index in [1.165, 1.54) is 12.6 Å². The van der Waals surface area contributed by atoms with Gasteiger partial charge in [0.25, 0.3) is 0 Å². The molecule has 2 fully saturated rings. The maximum atomic E-state index is 12.7. The summed E-state index contributed by atoms with van der Waals surface area (Å²) in [6, 6.07) is 11.3. The van der Waals surface area contributed by atoms with Crippen molar-refractivity contribution in [3.8, 4) is 5.88 Å². The predicted octanol–water partition coefficient (Wildman–Crippen LogP) is 4.89. The van der Waals surface area contributed by atoms with Crippen LogP contribution in [-0.4, -0.2) is 61.7 Å². The Bertz CT molecular complexity index is 1300. The van der Waals surface area contributed by atoms with Gasteiger partial charge in [-0.3, -0.25) is 0 Å². The number of methoxy groups -OCH3 is 1. The molecule has 2 aromatic heterocycles. The number of benzene rings is 1. The van der Waals surface area contributed by atoms with Gasteiger partial charge in [0.05, 0.1) is 25.6 Å². The molecule has 0 saturated carbocycles. The lowest BCUT2D eigenvalue weighted by Crippen LogP contribution is -2.60. The van der Waals surface area contributed by atoms with Gasteiger partial charge in [0, 0.05) is 30.4 Å². The topological polar surface area (TPSA) is 102 Å². The van der Waals surface area contributed by atoms with Gasteiger partial charge in [0.2, 0.25) is 11.8 Å². The molecule has 2 saturated heterocycles. The molecule has 36 heavy (non-hydrogen) atoms. The summed E-state index contributed by atoms with van der Waals surface area (Å²) < 4.78 is 24.0. The van der Waals surface area contributed by atoms with E-state index >= 15 is 0 Å². The molecular formula is C25H30ClN6O3P. The number of pyridine rings is 1. The highest BCUT2D eigenvalue weighted by atomic mass is 35.5. The Morgan fingerprint density at radius 2 is 1.92 bits per heavy atom. The number of anilines is 5. The molecule has 0 atom stereocenters. The summed E-state index contributed by atoms with van der Waals surface area (Å²) in [5.74, 6) is 2.04. The van der Waals surface area contributed by atoms with Crippen LogP contribution in [0.2, 0.25) is 5.02 Å². The van der Waals surface area contributed by atoms with Crippen LogP contribution in [0.3, 0.4) is 0 Å². The first-order valence-electron chi connectivity index (χ1n) is 11.9. The van der Waals surface area contributed by atoms with Gasteiger partial charge in [0.15, 0.2) is 5.82 Å². The highest BCUT2D eigenvalue weighted by molar-refractivity contribution is 7.70. The van der Waals surface area contributed by atoms with Crippen LogP contribution < -0.4 is 25.6 Å². The summed E-state index contributed by atoms with van der Waals surface area (Å²) in [6.45, 7) is 7.03. The van der Waals surface area contributed by atoms with Crippen molar-refractivity contribution >= 4 is 53.0 Å². The molecule has 1 spiro atoms. The maximum Gasteiger partial charge on any atom is 0.239 e. The number of hydrogen-bond acceptors (Lipinski definition) is 9. The van der Waals surface area contributed by atoms with E-state index in [0.29, 0.717) is 34.0 Å². The van der Waals surface area contributed by atoms with Gasteiger partial charge in [-0.15, -0.1) is 0 Å². The van der Waals surface area contributed by atoms with E-state index in [-0.39, 0.29) is 5.41 Å². The van der Waals surface area contributed by atoms with Crippen molar-refractivity contribution in [3.05, 3.63) is 47.6 Å². The number of ether oxygens (including phenoxy) is 2. The summed E-state index contributed by atoms with van der Waals surface area (Å²) in [4.78, 5) is 15.8. The second kappa shape index (κ2) is 9.88.